The van der Waals surface area contributed by atoms with Crippen molar-refractivity contribution in [3.05, 3.63) is 45.7 Å². The second-order valence-electron chi connectivity index (χ2n) is 4.40. The van der Waals surface area contributed by atoms with Gasteiger partial charge in [0.2, 0.25) is 5.88 Å². The lowest BCUT2D eigenvalue weighted by Gasteiger charge is -2.01. The number of benzene rings is 1. The molecule has 0 aliphatic rings. The fraction of sp³-hybridized carbons (Fsp3) is 0.133. The maximum Gasteiger partial charge on any atom is 0.230 e. The van der Waals surface area contributed by atoms with Gasteiger partial charge >= 0.3 is 0 Å². The highest BCUT2D eigenvalue weighted by Crippen LogP contribution is 2.39. The Balaban J connectivity index is 2.14. The molecule has 3 nitrogen and oxygen atoms in total. The van der Waals surface area contributed by atoms with Crippen LogP contribution in [0.1, 0.15) is 11.8 Å². The van der Waals surface area contributed by atoms with Crippen LogP contribution in [-0.2, 0) is 6.42 Å². The van der Waals surface area contributed by atoms with E-state index in [2.05, 4.69) is 40.1 Å². The molecule has 3 aromatic rings. The molecule has 0 amide bonds. The van der Waals surface area contributed by atoms with Gasteiger partial charge in [0.1, 0.15) is 5.69 Å². The van der Waals surface area contributed by atoms with Crippen molar-refractivity contribution < 1.29 is 4.52 Å². The fourth-order valence-corrected chi connectivity index (χ4v) is 3.42. The van der Waals surface area contributed by atoms with Crippen molar-refractivity contribution in [3.63, 3.8) is 0 Å². The number of nitrogen functional groups attached to an aromatic ring is 1. The van der Waals surface area contributed by atoms with E-state index < -0.39 is 0 Å². The van der Waals surface area contributed by atoms with Gasteiger partial charge in [-0.2, -0.15) is 0 Å². The Labute approximate surface area is 129 Å². The largest absolute Gasteiger partial charge is 0.367 e. The number of rotatable bonds is 3. The van der Waals surface area contributed by atoms with Crippen LogP contribution in [0.25, 0.3) is 21.7 Å². The van der Waals surface area contributed by atoms with Crippen molar-refractivity contribution in [2.75, 3.05) is 5.73 Å². The topological polar surface area (TPSA) is 52.0 Å². The van der Waals surface area contributed by atoms with E-state index in [-0.39, 0.29) is 0 Å². The van der Waals surface area contributed by atoms with Crippen molar-refractivity contribution >= 4 is 33.2 Å². The zero-order valence-corrected chi connectivity index (χ0v) is 13.3. The number of nitrogens with two attached hydrogens (primary N) is 1. The average molecular weight is 349 g/mol. The highest BCUT2D eigenvalue weighted by molar-refractivity contribution is 9.10. The monoisotopic (exact) mass is 348 g/mol. The Morgan fingerprint density at radius 2 is 2.15 bits per heavy atom. The molecular formula is C15H13BrN2OS. The maximum absolute atomic E-state index is 5.96. The van der Waals surface area contributed by atoms with E-state index >= 15 is 0 Å². The summed E-state index contributed by atoms with van der Waals surface area (Å²) < 4.78 is 6.21. The number of hydrogen-bond acceptors (Lipinski definition) is 4. The fourth-order valence-electron chi connectivity index (χ4n) is 2.09. The van der Waals surface area contributed by atoms with Crippen molar-refractivity contribution in [2.45, 2.75) is 13.3 Å². The number of hydrogen-bond donors (Lipinski definition) is 1. The Bertz CT molecular complexity index is 748. The van der Waals surface area contributed by atoms with Crippen molar-refractivity contribution in [1.82, 2.24) is 5.16 Å². The molecule has 0 saturated carbocycles. The summed E-state index contributed by atoms with van der Waals surface area (Å²) in [5.74, 6) is 0.351. The van der Waals surface area contributed by atoms with Crippen LogP contribution in [0.3, 0.4) is 0 Å². The first-order valence-corrected chi connectivity index (χ1v) is 7.90. The molecule has 0 radical (unpaired) electrons. The van der Waals surface area contributed by atoms with Gasteiger partial charge < -0.3 is 10.3 Å². The zero-order chi connectivity index (χ0) is 14.1. The molecule has 0 fully saturated rings. The van der Waals surface area contributed by atoms with E-state index in [9.17, 15) is 0 Å². The molecular weight excluding hydrogens is 336 g/mol. The van der Waals surface area contributed by atoms with Crippen molar-refractivity contribution in [1.29, 1.82) is 0 Å². The van der Waals surface area contributed by atoms with Crippen LogP contribution in [0.15, 0.2) is 45.4 Å². The molecule has 0 unspecified atom stereocenters. The molecule has 1 aromatic carbocycles. The lowest BCUT2D eigenvalue weighted by atomic mass is 10.1. The maximum atomic E-state index is 5.96. The van der Waals surface area contributed by atoms with Crippen LogP contribution < -0.4 is 5.73 Å². The summed E-state index contributed by atoms with van der Waals surface area (Å²) in [5.41, 5.74) is 8.63. The minimum atomic E-state index is 0.351. The summed E-state index contributed by atoms with van der Waals surface area (Å²) in [6.07, 6.45) is 1.02. The second kappa shape index (κ2) is 5.42. The minimum absolute atomic E-state index is 0.351. The minimum Gasteiger partial charge on any atom is -0.367 e. The summed E-state index contributed by atoms with van der Waals surface area (Å²) in [4.78, 5) is 2.40. The van der Waals surface area contributed by atoms with Crippen LogP contribution in [0.4, 0.5) is 5.88 Å². The quantitative estimate of drug-likeness (QED) is 0.726. The lowest BCUT2D eigenvalue weighted by molar-refractivity contribution is 0.439. The SMILES string of the molecule is CCc1ccc(-c2noc(N)c2-c2cccc(Br)c2)s1. The number of aromatic nitrogens is 1. The van der Waals surface area contributed by atoms with Crippen molar-refractivity contribution in [3.8, 4) is 21.7 Å². The van der Waals surface area contributed by atoms with E-state index in [4.69, 9.17) is 10.3 Å². The molecule has 0 saturated heterocycles. The smallest absolute Gasteiger partial charge is 0.230 e. The van der Waals surface area contributed by atoms with Gasteiger partial charge in [0, 0.05) is 9.35 Å². The van der Waals surface area contributed by atoms with Gasteiger partial charge in [0.05, 0.1) is 10.4 Å². The first-order chi connectivity index (χ1) is 9.69. The Kier molecular flexibility index (Phi) is 3.63. The molecule has 2 heterocycles. The molecule has 0 atom stereocenters. The van der Waals surface area contributed by atoms with Gasteiger partial charge in [-0.3, -0.25) is 0 Å². The van der Waals surface area contributed by atoms with E-state index in [0.717, 1.165) is 32.6 Å². The van der Waals surface area contributed by atoms with Gasteiger partial charge in [-0.15, -0.1) is 11.3 Å². The van der Waals surface area contributed by atoms with E-state index in [1.165, 1.54) is 4.88 Å². The van der Waals surface area contributed by atoms with E-state index in [0.29, 0.717) is 5.88 Å². The third kappa shape index (κ3) is 2.39. The first-order valence-electron chi connectivity index (χ1n) is 6.29. The van der Waals surface area contributed by atoms with Crippen LogP contribution in [0, 0.1) is 0 Å². The van der Waals surface area contributed by atoms with E-state index in [1.807, 2.05) is 24.3 Å². The van der Waals surface area contributed by atoms with E-state index in [1.54, 1.807) is 11.3 Å². The molecule has 0 aliphatic carbocycles. The molecule has 2 aromatic heterocycles. The third-order valence-corrected chi connectivity index (χ3v) is 4.80. The Hall–Kier alpha value is -1.59. The number of thiophene rings is 1. The van der Waals surface area contributed by atoms with Gasteiger partial charge in [-0.1, -0.05) is 40.1 Å². The summed E-state index contributed by atoms with van der Waals surface area (Å²) in [6, 6.07) is 12.2. The van der Waals surface area contributed by atoms with Gasteiger partial charge in [-0.25, -0.2) is 0 Å². The lowest BCUT2D eigenvalue weighted by Crippen LogP contribution is -1.86. The predicted octanol–water partition coefficient (Wildman–Crippen LogP) is 4.98. The Morgan fingerprint density at radius 1 is 1.30 bits per heavy atom. The Morgan fingerprint density at radius 3 is 2.85 bits per heavy atom. The molecule has 102 valence electrons. The second-order valence-corrected chi connectivity index (χ2v) is 6.48. The zero-order valence-electron chi connectivity index (χ0n) is 10.9. The summed E-state index contributed by atoms with van der Waals surface area (Å²) in [6.45, 7) is 2.14. The van der Waals surface area contributed by atoms with Crippen LogP contribution in [0.2, 0.25) is 0 Å². The van der Waals surface area contributed by atoms with Crippen LogP contribution in [0.5, 0.6) is 0 Å². The number of nitrogens with zero attached hydrogens (tertiary/aromatic N) is 1. The highest BCUT2D eigenvalue weighted by Gasteiger charge is 2.18. The third-order valence-electron chi connectivity index (χ3n) is 3.08. The number of aryl methyl sites for hydroxylation is 1. The predicted molar refractivity (Wildman–Crippen MR) is 86.7 cm³/mol. The number of halogens is 1. The molecule has 3 rings (SSSR count). The van der Waals surface area contributed by atoms with Gasteiger partial charge in [0.15, 0.2) is 0 Å². The normalized spacial score (nSPS) is 10.9. The standard InChI is InChI=1S/C15H13BrN2OS/c1-2-11-6-7-12(20-11)14-13(15(17)19-18-14)9-4-3-5-10(16)8-9/h3-8H,2,17H2,1H3. The molecule has 20 heavy (non-hydrogen) atoms. The summed E-state index contributed by atoms with van der Waals surface area (Å²) in [7, 11) is 0. The summed E-state index contributed by atoms with van der Waals surface area (Å²) in [5, 5.41) is 4.13. The molecule has 0 spiro atoms. The number of anilines is 1. The van der Waals surface area contributed by atoms with Crippen LogP contribution >= 0.6 is 27.3 Å². The average Bonchev–Trinajstić information content (AvgIpc) is 3.04. The molecule has 2 N–H and O–H groups in total. The molecule has 5 heteroatoms. The highest BCUT2D eigenvalue weighted by atomic mass is 79.9. The molecule has 0 bridgehead atoms. The van der Waals surface area contributed by atoms with Crippen molar-refractivity contribution in [2.24, 2.45) is 0 Å². The summed E-state index contributed by atoms with van der Waals surface area (Å²) >= 11 is 5.20. The molecule has 0 aliphatic heterocycles. The van der Waals surface area contributed by atoms with Crippen LogP contribution in [-0.4, -0.2) is 5.16 Å². The van der Waals surface area contributed by atoms with Gasteiger partial charge in [-0.05, 0) is 36.2 Å². The first kappa shape index (κ1) is 13.4. The van der Waals surface area contributed by atoms with Gasteiger partial charge in [0.25, 0.3) is 0 Å².